The predicted molar refractivity (Wildman–Crippen MR) is 56.9 cm³/mol. The molecule has 0 saturated heterocycles. The highest BCUT2D eigenvalue weighted by Gasteiger charge is 1.99. The first kappa shape index (κ1) is 12.1. The topological polar surface area (TPSA) is 87.0 Å². The Balaban J connectivity index is 2.62. The summed E-state index contributed by atoms with van der Waals surface area (Å²) in [6, 6.07) is 4.16. The number of hydrogen-bond acceptors (Lipinski definition) is 5. The molecule has 0 aliphatic rings. The van der Waals surface area contributed by atoms with Gasteiger partial charge in [0.1, 0.15) is 6.61 Å². The van der Waals surface area contributed by atoms with Crippen LogP contribution < -0.4 is 0 Å². The van der Waals surface area contributed by atoms with Crippen molar-refractivity contribution in [3.05, 3.63) is 29.8 Å². The monoisotopic (exact) mass is 224 g/mol. The lowest BCUT2D eigenvalue weighted by Gasteiger charge is -1.99. The average Bonchev–Trinajstić information content (AvgIpc) is 2.28. The molecule has 0 unspecified atom stereocenters. The molecule has 0 fully saturated rings. The Morgan fingerprint density at radius 1 is 1.31 bits per heavy atom. The standard InChI is InChI=1S/C11H12O5/c12-5-6-16-11(15)4-2-8-1-3-9(13)10(14)7-8/h1-4,7,12-14H,5-6H2/b4-2+. The minimum atomic E-state index is -0.582. The van der Waals surface area contributed by atoms with Crippen LogP contribution in [0.3, 0.4) is 0 Å². The lowest BCUT2D eigenvalue weighted by Crippen LogP contribution is -2.04. The SMILES string of the molecule is O=C(/C=C/c1ccc(O)c(O)c1)OCCO. The van der Waals surface area contributed by atoms with Gasteiger partial charge in [-0.15, -0.1) is 0 Å². The number of aliphatic hydroxyl groups is 1. The molecule has 86 valence electrons. The van der Waals surface area contributed by atoms with Gasteiger partial charge in [0.05, 0.1) is 6.61 Å². The normalized spacial score (nSPS) is 10.6. The maximum atomic E-state index is 11.0. The molecule has 0 atom stereocenters. The maximum absolute atomic E-state index is 11.0. The van der Waals surface area contributed by atoms with E-state index >= 15 is 0 Å². The molecule has 1 aromatic carbocycles. The lowest BCUT2D eigenvalue weighted by atomic mass is 10.2. The van der Waals surface area contributed by atoms with E-state index in [9.17, 15) is 9.90 Å². The van der Waals surface area contributed by atoms with E-state index in [4.69, 9.17) is 10.2 Å². The molecule has 0 aliphatic heterocycles. The van der Waals surface area contributed by atoms with Crippen LogP contribution in [-0.2, 0) is 9.53 Å². The first-order chi connectivity index (χ1) is 7.63. The van der Waals surface area contributed by atoms with E-state index in [0.29, 0.717) is 5.56 Å². The van der Waals surface area contributed by atoms with Gasteiger partial charge in [0.25, 0.3) is 0 Å². The number of carbonyl (C=O) groups excluding carboxylic acids is 1. The van der Waals surface area contributed by atoms with Gasteiger partial charge in [-0.05, 0) is 23.8 Å². The molecular weight excluding hydrogens is 212 g/mol. The smallest absolute Gasteiger partial charge is 0.330 e. The van der Waals surface area contributed by atoms with Crippen molar-refractivity contribution in [3.63, 3.8) is 0 Å². The molecule has 5 nitrogen and oxygen atoms in total. The number of hydrogen-bond donors (Lipinski definition) is 3. The third-order valence-corrected chi connectivity index (χ3v) is 1.75. The molecule has 5 heteroatoms. The number of esters is 1. The van der Waals surface area contributed by atoms with Gasteiger partial charge >= 0.3 is 5.97 Å². The number of aliphatic hydroxyl groups excluding tert-OH is 1. The van der Waals surface area contributed by atoms with Crippen molar-refractivity contribution < 1.29 is 24.9 Å². The zero-order valence-corrected chi connectivity index (χ0v) is 8.46. The Morgan fingerprint density at radius 2 is 2.06 bits per heavy atom. The number of benzene rings is 1. The first-order valence-corrected chi connectivity index (χ1v) is 4.61. The summed E-state index contributed by atoms with van der Waals surface area (Å²) in [6.07, 6.45) is 2.60. The van der Waals surface area contributed by atoms with E-state index in [0.717, 1.165) is 0 Å². The molecule has 0 radical (unpaired) electrons. The van der Waals surface area contributed by atoms with Gasteiger partial charge in [-0.3, -0.25) is 0 Å². The van der Waals surface area contributed by atoms with Crippen LogP contribution in [0.5, 0.6) is 11.5 Å². The van der Waals surface area contributed by atoms with Crippen LogP contribution >= 0.6 is 0 Å². The third kappa shape index (κ3) is 3.62. The van der Waals surface area contributed by atoms with E-state index in [1.165, 1.54) is 30.4 Å². The van der Waals surface area contributed by atoms with Gasteiger partial charge in [0.15, 0.2) is 11.5 Å². The minimum Gasteiger partial charge on any atom is -0.504 e. The van der Waals surface area contributed by atoms with Gasteiger partial charge in [-0.1, -0.05) is 6.07 Å². The number of phenolic OH excluding ortho intramolecular Hbond substituents is 2. The second-order valence-electron chi connectivity index (χ2n) is 2.97. The Labute approximate surface area is 92.2 Å². The van der Waals surface area contributed by atoms with Crippen LogP contribution in [0.1, 0.15) is 5.56 Å². The number of phenols is 2. The first-order valence-electron chi connectivity index (χ1n) is 4.61. The van der Waals surface area contributed by atoms with Crippen molar-refractivity contribution in [2.45, 2.75) is 0 Å². The Kier molecular flexibility index (Phi) is 4.35. The average molecular weight is 224 g/mol. The molecule has 1 rings (SSSR count). The van der Waals surface area contributed by atoms with Crippen LogP contribution in [0.2, 0.25) is 0 Å². The summed E-state index contributed by atoms with van der Waals surface area (Å²) in [6.45, 7) is -0.274. The number of ether oxygens (including phenoxy) is 1. The van der Waals surface area contributed by atoms with Crippen molar-refractivity contribution in [1.29, 1.82) is 0 Å². The number of aromatic hydroxyl groups is 2. The molecule has 0 aromatic heterocycles. The number of rotatable bonds is 4. The van der Waals surface area contributed by atoms with Crippen LogP contribution in [0.25, 0.3) is 6.08 Å². The third-order valence-electron chi connectivity index (χ3n) is 1.75. The van der Waals surface area contributed by atoms with Gasteiger partial charge < -0.3 is 20.1 Å². The highest BCUT2D eigenvalue weighted by atomic mass is 16.5. The molecule has 0 heterocycles. The Bertz CT molecular complexity index is 397. The van der Waals surface area contributed by atoms with Gasteiger partial charge in [-0.25, -0.2) is 4.79 Å². The largest absolute Gasteiger partial charge is 0.504 e. The predicted octanol–water partition coefficient (Wildman–Crippen LogP) is 0.646. The fraction of sp³-hybridized carbons (Fsp3) is 0.182. The lowest BCUT2D eigenvalue weighted by molar-refractivity contribution is -0.138. The van der Waals surface area contributed by atoms with E-state index in [-0.39, 0.29) is 24.7 Å². The second kappa shape index (κ2) is 5.77. The number of carbonyl (C=O) groups is 1. The summed E-state index contributed by atoms with van der Waals surface area (Å²) in [5, 5.41) is 26.6. The fourth-order valence-electron chi connectivity index (χ4n) is 1.00. The molecule has 0 amide bonds. The van der Waals surface area contributed by atoms with Crippen molar-refractivity contribution in [2.24, 2.45) is 0 Å². The molecule has 16 heavy (non-hydrogen) atoms. The Hall–Kier alpha value is -2.01. The van der Waals surface area contributed by atoms with Crippen molar-refractivity contribution >= 4 is 12.0 Å². The van der Waals surface area contributed by atoms with E-state index in [1.807, 2.05) is 0 Å². The summed E-state index contributed by atoms with van der Waals surface area (Å²) in [4.78, 5) is 11.0. The molecule has 0 bridgehead atoms. The van der Waals surface area contributed by atoms with Gasteiger partial charge in [0.2, 0.25) is 0 Å². The molecule has 1 aromatic rings. The van der Waals surface area contributed by atoms with Gasteiger partial charge in [0, 0.05) is 6.08 Å². The Morgan fingerprint density at radius 3 is 2.69 bits per heavy atom. The zero-order chi connectivity index (χ0) is 12.0. The minimum absolute atomic E-state index is 0.0516. The summed E-state index contributed by atoms with van der Waals surface area (Å²) < 4.78 is 4.58. The molecule has 0 spiro atoms. The summed E-state index contributed by atoms with van der Waals surface area (Å²) in [5.41, 5.74) is 0.552. The fourth-order valence-corrected chi connectivity index (χ4v) is 1.00. The van der Waals surface area contributed by atoms with E-state index in [2.05, 4.69) is 4.74 Å². The van der Waals surface area contributed by atoms with Crippen LogP contribution in [0, 0.1) is 0 Å². The highest BCUT2D eigenvalue weighted by Crippen LogP contribution is 2.25. The quantitative estimate of drug-likeness (QED) is 0.397. The van der Waals surface area contributed by atoms with Crippen molar-refractivity contribution in [3.8, 4) is 11.5 Å². The van der Waals surface area contributed by atoms with E-state index < -0.39 is 5.97 Å². The zero-order valence-electron chi connectivity index (χ0n) is 8.46. The highest BCUT2D eigenvalue weighted by molar-refractivity contribution is 5.87. The molecular formula is C11H12O5. The second-order valence-corrected chi connectivity index (χ2v) is 2.97. The van der Waals surface area contributed by atoms with Crippen molar-refractivity contribution in [1.82, 2.24) is 0 Å². The molecule has 3 N–H and O–H groups in total. The van der Waals surface area contributed by atoms with Gasteiger partial charge in [-0.2, -0.15) is 0 Å². The van der Waals surface area contributed by atoms with Crippen LogP contribution in [0.15, 0.2) is 24.3 Å². The summed E-state index contributed by atoms with van der Waals surface area (Å²) in [7, 11) is 0. The summed E-state index contributed by atoms with van der Waals surface area (Å²) >= 11 is 0. The van der Waals surface area contributed by atoms with Crippen molar-refractivity contribution in [2.75, 3.05) is 13.2 Å². The summed E-state index contributed by atoms with van der Waals surface area (Å²) in [5.74, 6) is -1.06. The van der Waals surface area contributed by atoms with E-state index in [1.54, 1.807) is 0 Å². The van der Waals surface area contributed by atoms with Crippen LogP contribution in [0.4, 0.5) is 0 Å². The molecule has 0 saturated carbocycles. The maximum Gasteiger partial charge on any atom is 0.330 e. The van der Waals surface area contributed by atoms with Crippen LogP contribution in [-0.4, -0.2) is 34.5 Å². The molecule has 0 aliphatic carbocycles.